The summed E-state index contributed by atoms with van der Waals surface area (Å²) in [6.45, 7) is 3.40. The van der Waals surface area contributed by atoms with E-state index < -0.39 is 4.32 Å². The fourth-order valence-electron chi connectivity index (χ4n) is 0.174. The summed E-state index contributed by atoms with van der Waals surface area (Å²) in [6.07, 6.45) is 0. The SMILES string of the molecule is CC(C)(Br)C(=O)N=C=S. The van der Waals surface area contributed by atoms with Crippen molar-refractivity contribution in [1.82, 2.24) is 0 Å². The molecule has 2 nitrogen and oxygen atoms in total. The lowest BCUT2D eigenvalue weighted by molar-refractivity contribution is -0.119. The molecule has 0 saturated heterocycles. The molecule has 0 heterocycles. The van der Waals surface area contributed by atoms with E-state index in [0.29, 0.717) is 0 Å². The number of alkyl halides is 1. The maximum Gasteiger partial charge on any atom is 0.270 e. The molecule has 0 rings (SSSR count). The fraction of sp³-hybridized carbons (Fsp3) is 0.600. The molecule has 0 bridgehead atoms. The summed E-state index contributed by atoms with van der Waals surface area (Å²) in [4.78, 5) is 14.0. The van der Waals surface area contributed by atoms with Gasteiger partial charge in [0.15, 0.2) is 0 Å². The fourth-order valence-corrected chi connectivity index (χ4v) is 0.346. The van der Waals surface area contributed by atoms with Crippen LogP contribution in [-0.4, -0.2) is 15.4 Å². The van der Waals surface area contributed by atoms with Crippen LogP contribution in [0.1, 0.15) is 13.8 Å². The van der Waals surface area contributed by atoms with E-state index in [4.69, 9.17) is 0 Å². The molecule has 50 valence electrons. The van der Waals surface area contributed by atoms with E-state index in [-0.39, 0.29) is 5.91 Å². The van der Waals surface area contributed by atoms with Gasteiger partial charge in [0.05, 0.1) is 5.16 Å². The maximum absolute atomic E-state index is 10.7. The summed E-state index contributed by atoms with van der Waals surface area (Å²) in [5, 5.41) is 2.00. The van der Waals surface area contributed by atoms with Crippen LogP contribution in [0.3, 0.4) is 0 Å². The maximum atomic E-state index is 10.7. The Hall–Kier alpha value is -0.0500. The van der Waals surface area contributed by atoms with Gasteiger partial charge in [-0.25, -0.2) is 0 Å². The Morgan fingerprint density at radius 1 is 1.78 bits per heavy atom. The van der Waals surface area contributed by atoms with Crippen LogP contribution in [0.2, 0.25) is 0 Å². The van der Waals surface area contributed by atoms with Gasteiger partial charge in [0, 0.05) is 0 Å². The molecule has 0 N–H and O–H groups in total. The number of rotatable bonds is 1. The minimum absolute atomic E-state index is 0.308. The van der Waals surface area contributed by atoms with Gasteiger partial charge in [-0.1, -0.05) is 15.9 Å². The minimum Gasteiger partial charge on any atom is -0.270 e. The number of aliphatic imine (C=N–C) groups is 1. The number of hydrogen-bond acceptors (Lipinski definition) is 2. The topological polar surface area (TPSA) is 29.4 Å². The molecule has 0 unspecified atom stereocenters. The lowest BCUT2D eigenvalue weighted by atomic mass is 10.2. The van der Waals surface area contributed by atoms with E-state index in [0.717, 1.165) is 0 Å². The summed E-state index contributed by atoms with van der Waals surface area (Å²) in [6, 6.07) is 0. The van der Waals surface area contributed by atoms with E-state index in [1.807, 2.05) is 5.16 Å². The van der Waals surface area contributed by atoms with Gasteiger partial charge in [-0.3, -0.25) is 4.79 Å². The Bertz CT molecular complexity index is 166. The van der Waals surface area contributed by atoms with Crippen LogP contribution < -0.4 is 0 Å². The normalized spacial score (nSPS) is 10.1. The first-order chi connectivity index (χ1) is 3.98. The molecule has 0 aliphatic carbocycles. The largest absolute Gasteiger partial charge is 0.270 e. The van der Waals surface area contributed by atoms with Crippen LogP contribution >= 0.6 is 28.1 Å². The standard InChI is InChI=1S/C5H6BrNOS/c1-5(2,6)4(8)7-3-9/h1-2H3. The van der Waals surface area contributed by atoms with Gasteiger partial charge in [0.25, 0.3) is 5.91 Å². The summed E-state index contributed by atoms with van der Waals surface area (Å²) >= 11 is 7.35. The van der Waals surface area contributed by atoms with Crippen molar-refractivity contribution in [3.63, 3.8) is 0 Å². The molecular weight excluding hydrogens is 202 g/mol. The molecule has 9 heavy (non-hydrogen) atoms. The van der Waals surface area contributed by atoms with Crippen molar-refractivity contribution >= 4 is 39.2 Å². The number of carbonyl (C=O) groups excluding carboxylic acids is 1. The predicted molar refractivity (Wildman–Crippen MR) is 43.0 cm³/mol. The zero-order valence-electron chi connectivity index (χ0n) is 5.14. The van der Waals surface area contributed by atoms with Crippen molar-refractivity contribution in [2.75, 3.05) is 0 Å². The Morgan fingerprint density at radius 2 is 2.22 bits per heavy atom. The third kappa shape index (κ3) is 3.51. The molecule has 0 aliphatic rings. The number of hydrogen-bond donors (Lipinski definition) is 0. The van der Waals surface area contributed by atoms with Crippen molar-refractivity contribution in [1.29, 1.82) is 0 Å². The van der Waals surface area contributed by atoms with Crippen LogP contribution in [0.25, 0.3) is 0 Å². The van der Waals surface area contributed by atoms with E-state index >= 15 is 0 Å². The van der Waals surface area contributed by atoms with Crippen LogP contribution in [-0.2, 0) is 4.79 Å². The second-order valence-electron chi connectivity index (χ2n) is 1.98. The Balaban J connectivity index is 4.22. The highest BCUT2D eigenvalue weighted by Gasteiger charge is 2.22. The van der Waals surface area contributed by atoms with E-state index in [1.165, 1.54) is 0 Å². The molecule has 0 radical (unpaired) electrons. The number of isothiocyanates is 1. The van der Waals surface area contributed by atoms with Crippen LogP contribution in [0.5, 0.6) is 0 Å². The first kappa shape index (κ1) is 8.95. The minimum atomic E-state index is -0.612. The molecule has 0 aromatic heterocycles. The van der Waals surface area contributed by atoms with Crippen LogP contribution in [0.4, 0.5) is 0 Å². The summed E-state index contributed by atoms with van der Waals surface area (Å²) in [5.74, 6) is -0.308. The number of thiocarbonyl (C=S) groups is 1. The van der Waals surface area contributed by atoms with Gasteiger partial charge in [0.1, 0.15) is 4.32 Å². The number of halogens is 1. The quantitative estimate of drug-likeness (QED) is 0.373. The predicted octanol–water partition coefficient (Wildman–Crippen LogP) is 1.79. The van der Waals surface area contributed by atoms with Crippen molar-refractivity contribution in [3.8, 4) is 0 Å². The smallest absolute Gasteiger partial charge is 0.270 e. The van der Waals surface area contributed by atoms with E-state index in [9.17, 15) is 4.79 Å². The highest BCUT2D eigenvalue weighted by atomic mass is 79.9. The van der Waals surface area contributed by atoms with E-state index in [1.54, 1.807) is 13.8 Å². The molecule has 0 atom stereocenters. The van der Waals surface area contributed by atoms with Crippen LogP contribution in [0.15, 0.2) is 4.99 Å². The first-order valence-electron chi connectivity index (χ1n) is 2.29. The average Bonchev–Trinajstić information content (AvgIpc) is 1.64. The van der Waals surface area contributed by atoms with Crippen molar-refractivity contribution in [2.24, 2.45) is 4.99 Å². The van der Waals surface area contributed by atoms with Crippen molar-refractivity contribution < 1.29 is 4.79 Å². The lowest BCUT2D eigenvalue weighted by Crippen LogP contribution is -2.21. The summed E-state index contributed by atoms with van der Waals surface area (Å²) in [7, 11) is 0. The van der Waals surface area contributed by atoms with Gasteiger partial charge < -0.3 is 0 Å². The molecule has 4 heteroatoms. The zero-order valence-corrected chi connectivity index (χ0v) is 7.54. The van der Waals surface area contributed by atoms with Gasteiger partial charge in [-0.15, -0.1) is 0 Å². The molecule has 0 spiro atoms. The average molecular weight is 208 g/mol. The van der Waals surface area contributed by atoms with Crippen LogP contribution in [0, 0.1) is 0 Å². The first-order valence-corrected chi connectivity index (χ1v) is 3.50. The van der Waals surface area contributed by atoms with E-state index in [2.05, 4.69) is 33.1 Å². The monoisotopic (exact) mass is 207 g/mol. The lowest BCUT2D eigenvalue weighted by Gasteiger charge is -2.07. The van der Waals surface area contributed by atoms with Gasteiger partial charge in [0.2, 0.25) is 0 Å². The number of carbonyl (C=O) groups is 1. The molecular formula is C5H6BrNOS. The third-order valence-corrected chi connectivity index (χ3v) is 1.09. The molecule has 0 fully saturated rings. The molecule has 0 saturated carbocycles. The van der Waals surface area contributed by atoms with Gasteiger partial charge >= 0.3 is 0 Å². The molecule has 0 aromatic carbocycles. The molecule has 0 aliphatic heterocycles. The number of amides is 1. The number of nitrogens with zero attached hydrogens (tertiary/aromatic N) is 1. The Labute approximate surface area is 67.5 Å². The Kier molecular flexibility index (Phi) is 3.18. The second-order valence-corrected chi connectivity index (χ2v) is 4.15. The van der Waals surface area contributed by atoms with Crippen molar-refractivity contribution in [2.45, 2.75) is 18.2 Å². The summed E-state index contributed by atoms with van der Waals surface area (Å²) < 4.78 is -0.612. The molecule has 1 amide bonds. The summed E-state index contributed by atoms with van der Waals surface area (Å²) in [5.41, 5.74) is 0. The Morgan fingerprint density at radius 3 is 2.33 bits per heavy atom. The van der Waals surface area contributed by atoms with Gasteiger partial charge in [-0.2, -0.15) is 4.99 Å². The second kappa shape index (κ2) is 3.20. The highest BCUT2D eigenvalue weighted by Crippen LogP contribution is 2.16. The van der Waals surface area contributed by atoms with Crippen molar-refractivity contribution in [3.05, 3.63) is 0 Å². The highest BCUT2D eigenvalue weighted by molar-refractivity contribution is 9.10. The third-order valence-electron chi connectivity index (χ3n) is 0.656. The zero-order chi connectivity index (χ0) is 7.49. The van der Waals surface area contributed by atoms with Gasteiger partial charge in [-0.05, 0) is 26.1 Å². The molecule has 0 aromatic rings.